The Morgan fingerprint density at radius 1 is 1.43 bits per heavy atom. The summed E-state index contributed by atoms with van der Waals surface area (Å²) in [5, 5.41) is 9.50. The minimum atomic E-state index is -0.934. The van der Waals surface area contributed by atoms with Crippen LogP contribution in [0.5, 0.6) is 0 Å². The Hall–Kier alpha value is -1.85. The maximum atomic E-state index is 12.4. The molecule has 1 N–H and O–H groups in total. The summed E-state index contributed by atoms with van der Waals surface area (Å²) in [5.74, 6) is -1.78. The molecule has 0 bridgehead atoms. The number of likely N-dealkylation sites (tertiary alicyclic amines) is 1. The molecule has 2 unspecified atom stereocenters. The monoisotopic (exact) mass is 293 g/mol. The Balaban J connectivity index is 2.55. The maximum absolute atomic E-state index is 12.4. The van der Waals surface area contributed by atoms with Gasteiger partial charge in [0.1, 0.15) is 0 Å². The van der Waals surface area contributed by atoms with Gasteiger partial charge in [0.15, 0.2) is 0 Å². The quantitative estimate of drug-likeness (QED) is 0.927. The van der Waals surface area contributed by atoms with Crippen molar-refractivity contribution in [2.75, 3.05) is 0 Å². The number of hydrogen-bond acceptors (Lipinski definition) is 3. The average molecular weight is 293 g/mol. The maximum Gasteiger partial charge on any atom is 0.309 e. The molecule has 0 saturated carbocycles. The second-order valence-electron chi connectivity index (χ2n) is 6.85. The molecular formula is C15H23N3O3. The third kappa shape index (κ3) is 2.66. The van der Waals surface area contributed by atoms with E-state index in [-0.39, 0.29) is 18.4 Å². The van der Waals surface area contributed by atoms with E-state index in [4.69, 9.17) is 0 Å². The van der Waals surface area contributed by atoms with Crippen LogP contribution in [0.15, 0.2) is 12.5 Å². The zero-order valence-corrected chi connectivity index (χ0v) is 13.2. The van der Waals surface area contributed by atoms with Crippen LogP contribution in [-0.2, 0) is 9.59 Å². The first kappa shape index (κ1) is 15.5. The van der Waals surface area contributed by atoms with Crippen molar-refractivity contribution in [2.45, 2.75) is 58.7 Å². The first-order valence-corrected chi connectivity index (χ1v) is 7.21. The summed E-state index contributed by atoms with van der Waals surface area (Å²) >= 11 is 0. The van der Waals surface area contributed by atoms with Gasteiger partial charge in [-0.15, -0.1) is 0 Å². The summed E-state index contributed by atoms with van der Waals surface area (Å²) in [7, 11) is 0. The van der Waals surface area contributed by atoms with Gasteiger partial charge in [-0.1, -0.05) is 0 Å². The van der Waals surface area contributed by atoms with Crippen molar-refractivity contribution in [1.82, 2.24) is 14.5 Å². The van der Waals surface area contributed by atoms with E-state index in [2.05, 4.69) is 4.98 Å². The number of nitrogens with zero attached hydrogens (tertiary/aromatic N) is 3. The highest BCUT2D eigenvalue weighted by atomic mass is 16.4. The van der Waals surface area contributed by atoms with Crippen LogP contribution in [0.3, 0.4) is 0 Å². The molecule has 2 heterocycles. The van der Waals surface area contributed by atoms with E-state index in [0.717, 1.165) is 5.69 Å². The number of carboxylic acid groups (broad SMARTS) is 1. The van der Waals surface area contributed by atoms with Gasteiger partial charge in [0.25, 0.3) is 0 Å². The molecule has 1 amide bonds. The van der Waals surface area contributed by atoms with Crippen molar-refractivity contribution in [1.29, 1.82) is 0 Å². The van der Waals surface area contributed by atoms with Crippen LogP contribution in [0.4, 0.5) is 0 Å². The lowest BCUT2D eigenvalue weighted by Gasteiger charge is -2.38. The number of rotatable bonds is 3. The van der Waals surface area contributed by atoms with Crippen molar-refractivity contribution in [3.63, 3.8) is 0 Å². The lowest BCUT2D eigenvalue weighted by molar-refractivity contribution is -0.143. The van der Waals surface area contributed by atoms with E-state index in [0.29, 0.717) is 0 Å². The normalized spacial score (nSPS) is 23.1. The Labute approximate surface area is 124 Å². The van der Waals surface area contributed by atoms with Crippen LogP contribution in [0.25, 0.3) is 0 Å². The van der Waals surface area contributed by atoms with Crippen molar-refractivity contribution in [2.24, 2.45) is 5.92 Å². The highest BCUT2D eigenvalue weighted by Crippen LogP contribution is 2.42. The van der Waals surface area contributed by atoms with Gasteiger partial charge in [-0.2, -0.15) is 0 Å². The Bertz CT molecular complexity index is 557. The van der Waals surface area contributed by atoms with Crippen LogP contribution in [0.1, 0.15) is 58.8 Å². The summed E-state index contributed by atoms with van der Waals surface area (Å²) in [4.78, 5) is 29.8. The molecule has 1 aromatic rings. The van der Waals surface area contributed by atoms with E-state index in [9.17, 15) is 14.7 Å². The topological polar surface area (TPSA) is 75.4 Å². The van der Waals surface area contributed by atoms with E-state index < -0.39 is 23.5 Å². The second kappa shape index (κ2) is 5.16. The number of hydrogen-bond donors (Lipinski definition) is 1. The molecule has 1 aliphatic rings. The number of carbonyl (C=O) groups is 2. The van der Waals surface area contributed by atoms with E-state index in [1.807, 2.05) is 39.2 Å². The summed E-state index contributed by atoms with van der Waals surface area (Å²) < 4.78 is 1.94. The molecule has 21 heavy (non-hydrogen) atoms. The van der Waals surface area contributed by atoms with Crippen molar-refractivity contribution < 1.29 is 14.7 Å². The standard InChI is InChI=1S/C15H23N3O3/c1-9(2)17-8-16-7-11(17)13-10(14(20)21)6-12(19)18(13)15(3,4)5/h7-10,13H,6H2,1-5H3,(H,20,21). The summed E-state index contributed by atoms with van der Waals surface area (Å²) in [6, 6.07) is -0.311. The number of amides is 1. The van der Waals surface area contributed by atoms with Crippen molar-refractivity contribution in [3.05, 3.63) is 18.2 Å². The van der Waals surface area contributed by atoms with E-state index >= 15 is 0 Å². The largest absolute Gasteiger partial charge is 0.481 e. The fraction of sp³-hybridized carbons (Fsp3) is 0.667. The third-order valence-electron chi connectivity index (χ3n) is 3.92. The molecule has 1 saturated heterocycles. The van der Waals surface area contributed by atoms with Gasteiger partial charge < -0.3 is 14.6 Å². The molecular weight excluding hydrogens is 270 g/mol. The van der Waals surface area contributed by atoms with Crippen LogP contribution < -0.4 is 0 Å². The molecule has 0 spiro atoms. The van der Waals surface area contributed by atoms with E-state index in [1.165, 1.54) is 0 Å². The molecule has 116 valence electrons. The van der Waals surface area contributed by atoms with Gasteiger partial charge in [0.05, 0.1) is 30.2 Å². The highest BCUT2D eigenvalue weighted by Gasteiger charge is 2.49. The molecule has 2 atom stereocenters. The second-order valence-corrected chi connectivity index (χ2v) is 6.85. The van der Waals surface area contributed by atoms with Crippen molar-refractivity contribution >= 4 is 11.9 Å². The van der Waals surface area contributed by atoms with Gasteiger partial charge >= 0.3 is 5.97 Å². The molecule has 6 heteroatoms. The minimum Gasteiger partial charge on any atom is -0.481 e. The van der Waals surface area contributed by atoms with Crippen LogP contribution >= 0.6 is 0 Å². The smallest absolute Gasteiger partial charge is 0.309 e. The average Bonchev–Trinajstić information content (AvgIpc) is 2.90. The van der Waals surface area contributed by atoms with Gasteiger partial charge in [-0.25, -0.2) is 4.98 Å². The van der Waals surface area contributed by atoms with Crippen LogP contribution in [-0.4, -0.2) is 37.0 Å². The number of aromatic nitrogens is 2. The molecule has 0 aromatic carbocycles. The predicted octanol–water partition coefficient (Wildman–Crippen LogP) is 2.24. The summed E-state index contributed by atoms with van der Waals surface area (Å²) in [5.41, 5.74) is 0.357. The molecule has 1 aromatic heterocycles. The Kier molecular flexibility index (Phi) is 3.82. The molecule has 0 radical (unpaired) electrons. The van der Waals surface area contributed by atoms with Gasteiger partial charge in [-0.3, -0.25) is 9.59 Å². The lowest BCUT2D eigenvalue weighted by atomic mass is 9.95. The highest BCUT2D eigenvalue weighted by molar-refractivity contribution is 5.87. The number of carboxylic acids is 1. The van der Waals surface area contributed by atoms with Crippen LogP contribution in [0, 0.1) is 5.92 Å². The lowest BCUT2D eigenvalue weighted by Crippen LogP contribution is -2.45. The van der Waals surface area contributed by atoms with Gasteiger partial charge in [0, 0.05) is 18.0 Å². The molecule has 6 nitrogen and oxygen atoms in total. The van der Waals surface area contributed by atoms with Crippen LogP contribution in [0.2, 0.25) is 0 Å². The first-order valence-electron chi connectivity index (χ1n) is 7.21. The van der Waals surface area contributed by atoms with Gasteiger partial charge in [-0.05, 0) is 34.6 Å². The van der Waals surface area contributed by atoms with Crippen molar-refractivity contribution in [3.8, 4) is 0 Å². The number of aliphatic carboxylic acids is 1. The Morgan fingerprint density at radius 3 is 2.52 bits per heavy atom. The van der Waals surface area contributed by atoms with Gasteiger partial charge in [0.2, 0.25) is 5.91 Å². The minimum absolute atomic E-state index is 0.0422. The summed E-state index contributed by atoms with van der Waals surface area (Å²) in [6.45, 7) is 9.81. The zero-order valence-electron chi connectivity index (χ0n) is 13.2. The third-order valence-corrected chi connectivity index (χ3v) is 3.92. The molecule has 2 rings (SSSR count). The fourth-order valence-electron chi connectivity index (χ4n) is 3.06. The SMILES string of the molecule is CC(C)n1cncc1C1C(C(=O)O)CC(=O)N1C(C)(C)C. The Morgan fingerprint density at radius 2 is 2.05 bits per heavy atom. The molecule has 0 aliphatic carbocycles. The number of imidazole rings is 1. The number of carbonyl (C=O) groups excluding carboxylic acids is 1. The predicted molar refractivity (Wildman–Crippen MR) is 77.7 cm³/mol. The fourth-order valence-corrected chi connectivity index (χ4v) is 3.06. The molecule has 1 aliphatic heterocycles. The summed E-state index contributed by atoms with van der Waals surface area (Å²) in [6.07, 6.45) is 3.42. The van der Waals surface area contributed by atoms with E-state index in [1.54, 1.807) is 17.4 Å². The molecule has 1 fully saturated rings. The zero-order chi connectivity index (χ0) is 15.9. The first-order chi connectivity index (χ1) is 9.64.